The SMILES string of the molecule is O=c1/c(=C/c2cccs2)sc2nc(-c3ccccc3Oc3ccccc3)nn12. The Hall–Kier alpha value is -3.29. The van der Waals surface area contributed by atoms with Gasteiger partial charge >= 0.3 is 0 Å². The predicted molar refractivity (Wildman–Crippen MR) is 112 cm³/mol. The van der Waals surface area contributed by atoms with Crippen LogP contribution in [0.5, 0.6) is 11.5 Å². The van der Waals surface area contributed by atoms with E-state index in [2.05, 4.69) is 10.1 Å². The monoisotopic (exact) mass is 403 g/mol. The zero-order valence-corrected chi connectivity index (χ0v) is 16.1. The molecular weight excluding hydrogens is 390 g/mol. The van der Waals surface area contributed by atoms with Crippen LogP contribution in [0, 0.1) is 0 Å². The number of rotatable bonds is 4. The summed E-state index contributed by atoms with van der Waals surface area (Å²) in [6, 6.07) is 21.0. The summed E-state index contributed by atoms with van der Waals surface area (Å²) in [6.45, 7) is 0. The van der Waals surface area contributed by atoms with Gasteiger partial charge in [0.1, 0.15) is 11.5 Å². The van der Waals surface area contributed by atoms with Gasteiger partial charge in [0.15, 0.2) is 5.82 Å². The molecule has 0 fully saturated rings. The summed E-state index contributed by atoms with van der Waals surface area (Å²) >= 11 is 2.92. The lowest BCUT2D eigenvalue weighted by atomic mass is 10.2. The van der Waals surface area contributed by atoms with Gasteiger partial charge in [-0.15, -0.1) is 16.4 Å². The van der Waals surface area contributed by atoms with Crippen molar-refractivity contribution in [3.63, 3.8) is 0 Å². The standard InChI is InChI=1S/C21H13N3O2S2/c25-20-18(13-15-9-6-12-27-15)28-21-22-19(23-24(20)21)16-10-4-5-11-17(16)26-14-7-2-1-3-8-14/h1-13H/b18-13-. The van der Waals surface area contributed by atoms with Crippen LogP contribution in [0.3, 0.4) is 0 Å². The maximum Gasteiger partial charge on any atom is 0.291 e. The van der Waals surface area contributed by atoms with E-state index in [1.165, 1.54) is 15.9 Å². The largest absolute Gasteiger partial charge is 0.457 e. The molecule has 0 radical (unpaired) electrons. The zero-order valence-electron chi connectivity index (χ0n) is 14.5. The van der Waals surface area contributed by atoms with Crippen molar-refractivity contribution in [1.82, 2.24) is 14.6 Å². The molecule has 0 aliphatic carbocycles. The van der Waals surface area contributed by atoms with E-state index in [0.717, 1.165) is 16.2 Å². The van der Waals surface area contributed by atoms with Crippen LogP contribution in [0.25, 0.3) is 22.4 Å². The number of para-hydroxylation sites is 2. The first-order valence-corrected chi connectivity index (χ1v) is 10.2. The summed E-state index contributed by atoms with van der Waals surface area (Å²) < 4.78 is 7.97. The Morgan fingerprint density at radius 1 is 0.964 bits per heavy atom. The topological polar surface area (TPSA) is 56.5 Å². The number of thiophene rings is 1. The highest BCUT2D eigenvalue weighted by Gasteiger charge is 2.15. The first kappa shape index (κ1) is 16.9. The quantitative estimate of drug-likeness (QED) is 0.451. The highest BCUT2D eigenvalue weighted by atomic mass is 32.1. The van der Waals surface area contributed by atoms with Crippen molar-refractivity contribution < 1.29 is 4.74 Å². The van der Waals surface area contributed by atoms with Gasteiger partial charge in [-0.3, -0.25) is 4.79 Å². The molecule has 3 heterocycles. The molecule has 0 aliphatic rings. The van der Waals surface area contributed by atoms with E-state index in [1.54, 1.807) is 11.3 Å². The van der Waals surface area contributed by atoms with Gasteiger partial charge in [-0.05, 0) is 41.8 Å². The van der Waals surface area contributed by atoms with Gasteiger partial charge in [0.05, 0.1) is 10.1 Å². The third kappa shape index (κ3) is 3.11. The zero-order chi connectivity index (χ0) is 18.9. The van der Waals surface area contributed by atoms with Crippen molar-refractivity contribution in [3.8, 4) is 22.9 Å². The second kappa shape index (κ2) is 7.03. The van der Waals surface area contributed by atoms with E-state index < -0.39 is 0 Å². The van der Waals surface area contributed by atoms with Crippen molar-refractivity contribution >= 4 is 33.7 Å². The molecule has 3 aromatic heterocycles. The number of ether oxygens (including phenoxy) is 1. The fraction of sp³-hybridized carbons (Fsp3) is 0. The van der Waals surface area contributed by atoms with E-state index in [0.29, 0.717) is 21.1 Å². The Labute approximate surface area is 167 Å². The van der Waals surface area contributed by atoms with Crippen LogP contribution in [-0.2, 0) is 0 Å². The van der Waals surface area contributed by atoms with Gasteiger partial charge in [-0.1, -0.05) is 47.7 Å². The van der Waals surface area contributed by atoms with Crippen LogP contribution < -0.4 is 14.8 Å². The van der Waals surface area contributed by atoms with Gasteiger partial charge in [-0.2, -0.15) is 9.50 Å². The van der Waals surface area contributed by atoms with E-state index in [1.807, 2.05) is 78.2 Å². The van der Waals surface area contributed by atoms with Crippen molar-refractivity contribution in [1.29, 1.82) is 0 Å². The lowest BCUT2D eigenvalue weighted by Crippen LogP contribution is -2.23. The molecule has 0 saturated carbocycles. The van der Waals surface area contributed by atoms with E-state index in [-0.39, 0.29) is 5.56 Å². The highest BCUT2D eigenvalue weighted by Crippen LogP contribution is 2.31. The Morgan fingerprint density at radius 3 is 2.57 bits per heavy atom. The molecule has 2 aromatic carbocycles. The van der Waals surface area contributed by atoms with Crippen LogP contribution in [0.2, 0.25) is 0 Å². The molecule has 5 aromatic rings. The molecule has 0 saturated heterocycles. The molecule has 0 unspecified atom stereocenters. The first-order valence-electron chi connectivity index (χ1n) is 8.55. The first-order chi connectivity index (χ1) is 13.8. The molecule has 0 N–H and O–H groups in total. The fourth-order valence-electron chi connectivity index (χ4n) is 2.81. The maximum atomic E-state index is 12.7. The maximum absolute atomic E-state index is 12.7. The number of nitrogens with zero attached hydrogens (tertiary/aromatic N) is 3. The van der Waals surface area contributed by atoms with E-state index in [4.69, 9.17) is 4.74 Å². The molecule has 5 rings (SSSR count). The summed E-state index contributed by atoms with van der Waals surface area (Å²) in [4.78, 5) is 18.9. The summed E-state index contributed by atoms with van der Waals surface area (Å²) in [5, 5.41) is 6.42. The molecule has 0 atom stereocenters. The van der Waals surface area contributed by atoms with Crippen molar-refractivity contribution in [2.75, 3.05) is 0 Å². The molecule has 0 bridgehead atoms. The Bertz CT molecular complexity index is 1360. The fourth-order valence-corrected chi connectivity index (χ4v) is 4.44. The van der Waals surface area contributed by atoms with E-state index in [9.17, 15) is 4.79 Å². The highest BCUT2D eigenvalue weighted by molar-refractivity contribution is 7.15. The van der Waals surface area contributed by atoms with Gasteiger partial charge in [-0.25, -0.2) is 0 Å². The van der Waals surface area contributed by atoms with Crippen molar-refractivity contribution in [3.05, 3.63) is 91.9 Å². The molecule has 0 spiro atoms. The molecule has 28 heavy (non-hydrogen) atoms. The van der Waals surface area contributed by atoms with Gasteiger partial charge in [0, 0.05) is 4.88 Å². The molecule has 0 amide bonds. The predicted octanol–water partition coefficient (Wildman–Crippen LogP) is 4.22. The third-order valence-corrected chi connectivity index (χ3v) is 5.88. The number of hydrogen-bond donors (Lipinski definition) is 0. The second-order valence-corrected chi connectivity index (χ2v) is 7.96. The molecule has 0 aliphatic heterocycles. The Balaban J connectivity index is 1.57. The van der Waals surface area contributed by atoms with Crippen molar-refractivity contribution in [2.24, 2.45) is 0 Å². The minimum Gasteiger partial charge on any atom is -0.457 e. The van der Waals surface area contributed by atoms with Crippen LogP contribution in [0.15, 0.2) is 76.9 Å². The molecule has 7 heteroatoms. The molecule has 136 valence electrons. The Morgan fingerprint density at radius 2 is 1.79 bits per heavy atom. The number of benzene rings is 2. The number of hydrogen-bond acceptors (Lipinski definition) is 6. The number of fused-ring (bicyclic) bond motifs is 1. The average molecular weight is 403 g/mol. The summed E-state index contributed by atoms with van der Waals surface area (Å²) in [7, 11) is 0. The number of thiazole rings is 1. The average Bonchev–Trinajstić information content (AvgIpc) is 3.43. The normalized spacial score (nSPS) is 11.9. The molecular formula is C21H13N3O2S2. The second-order valence-electron chi connectivity index (χ2n) is 5.97. The van der Waals surface area contributed by atoms with E-state index >= 15 is 0 Å². The Kier molecular flexibility index (Phi) is 4.23. The minimum absolute atomic E-state index is 0.159. The minimum atomic E-state index is -0.159. The summed E-state index contributed by atoms with van der Waals surface area (Å²) in [5.41, 5.74) is 0.582. The van der Waals surface area contributed by atoms with Gasteiger partial charge in [0.2, 0.25) is 4.96 Å². The van der Waals surface area contributed by atoms with Crippen LogP contribution in [0.1, 0.15) is 4.88 Å². The lowest BCUT2D eigenvalue weighted by molar-refractivity contribution is 0.484. The van der Waals surface area contributed by atoms with Crippen LogP contribution in [0.4, 0.5) is 0 Å². The van der Waals surface area contributed by atoms with Crippen LogP contribution in [-0.4, -0.2) is 14.6 Å². The van der Waals surface area contributed by atoms with Gasteiger partial charge in [0.25, 0.3) is 5.56 Å². The third-order valence-electron chi connectivity index (χ3n) is 4.10. The lowest BCUT2D eigenvalue weighted by Gasteiger charge is -2.08. The van der Waals surface area contributed by atoms with Crippen LogP contribution >= 0.6 is 22.7 Å². The molecule has 5 nitrogen and oxygen atoms in total. The number of aromatic nitrogens is 3. The summed E-state index contributed by atoms with van der Waals surface area (Å²) in [5.74, 6) is 1.84. The van der Waals surface area contributed by atoms with Gasteiger partial charge < -0.3 is 4.74 Å². The van der Waals surface area contributed by atoms with Crippen molar-refractivity contribution in [2.45, 2.75) is 0 Å². The summed E-state index contributed by atoms with van der Waals surface area (Å²) in [6.07, 6.45) is 1.88. The smallest absolute Gasteiger partial charge is 0.291 e.